The summed E-state index contributed by atoms with van der Waals surface area (Å²) in [5.74, 6) is -0.570. The number of benzene rings is 2. The number of rotatable bonds is 4. The number of aromatic amines is 1. The normalized spacial score (nSPS) is 11.7. The number of hydrogen-bond acceptors (Lipinski definition) is 4. The predicted molar refractivity (Wildman–Crippen MR) is 102 cm³/mol. The molecule has 2 heterocycles. The van der Waals surface area contributed by atoms with E-state index in [4.69, 9.17) is 4.74 Å². The predicted octanol–water partition coefficient (Wildman–Crippen LogP) is 3.37. The monoisotopic (exact) mass is 416 g/mol. The molecule has 0 saturated carbocycles. The first-order chi connectivity index (χ1) is 14.3. The Hall–Kier alpha value is -3.82. The molecule has 0 aliphatic carbocycles. The van der Waals surface area contributed by atoms with Crippen LogP contribution in [0.15, 0.2) is 59.8 Å². The molecule has 4 rings (SSSR count). The number of ether oxygens (including phenoxy) is 1. The molecule has 0 atom stereocenters. The lowest BCUT2D eigenvalue weighted by Crippen LogP contribution is -2.24. The average Bonchev–Trinajstić information content (AvgIpc) is 3.33. The number of esters is 1. The minimum absolute atomic E-state index is 0.133. The van der Waals surface area contributed by atoms with E-state index < -0.39 is 23.4 Å². The third-order valence-electron chi connectivity index (χ3n) is 4.69. The zero-order valence-corrected chi connectivity index (χ0v) is 15.6. The van der Waals surface area contributed by atoms with Gasteiger partial charge in [-0.15, -0.1) is 0 Å². The van der Waals surface area contributed by atoms with Gasteiger partial charge in [-0.25, -0.2) is 14.6 Å². The Morgan fingerprint density at radius 2 is 1.87 bits per heavy atom. The van der Waals surface area contributed by atoms with Gasteiger partial charge in [0.1, 0.15) is 0 Å². The van der Waals surface area contributed by atoms with Crippen molar-refractivity contribution in [2.24, 2.45) is 0 Å². The van der Waals surface area contributed by atoms with Crippen molar-refractivity contribution in [1.82, 2.24) is 19.1 Å². The van der Waals surface area contributed by atoms with Crippen LogP contribution >= 0.6 is 0 Å². The summed E-state index contributed by atoms with van der Waals surface area (Å²) in [6.45, 7) is 0.133. The second kappa shape index (κ2) is 7.21. The SMILES string of the molecule is COC(=O)c1ccc2c(c1)n(Cc1cnc[nH]1)c(=O)n2-c1ccc(C(F)(F)F)cc1. The second-order valence-electron chi connectivity index (χ2n) is 6.52. The maximum Gasteiger partial charge on any atom is 0.416 e. The van der Waals surface area contributed by atoms with E-state index in [0.29, 0.717) is 16.7 Å². The van der Waals surface area contributed by atoms with Crippen LogP contribution in [0.5, 0.6) is 0 Å². The van der Waals surface area contributed by atoms with E-state index in [1.165, 1.54) is 46.8 Å². The summed E-state index contributed by atoms with van der Waals surface area (Å²) in [5.41, 5.74) is 0.742. The van der Waals surface area contributed by atoms with Gasteiger partial charge in [0.25, 0.3) is 0 Å². The number of hydrogen-bond donors (Lipinski definition) is 1. The molecule has 10 heteroatoms. The van der Waals surface area contributed by atoms with Crippen molar-refractivity contribution in [2.45, 2.75) is 12.7 Å². The molecule has 0 fully saturated rings. The van der Waals surface area contributed by atoms with Crippen LogP contribution in [0.25, 0.3) is 16.7 Å². The lowest BCUT2D eigenvalue weighted by Gasteiger charge is -2.08. The third-order valence-corrected chi connectivity index (χ3v) is 4.69. The Balaban J connectivity index is 1.92. The summed E-state index contributed by atoms with van der Waals surface area (Å²) in [6.07, 6.45) is -1.46. The fraction of sp³-hybridized carbons (Fsp3) is 0.150. The van der Waals surface area contributed by atoms with E-state index in [0.717, 1.165) is 12.1 Å². The van der Waals surface area contributed by atoms with E-state index in [-0.39, 0.29) is 17.8 Å². The number of alkyl halides is 3. The fourth-order valence-corrected chi connectivity index (χ4v) is 3.24. The van der Waals surface area contributed by atoms with Gasteiger partial charge in [-0.05, 0) is 42.5 Å². The van der Waals surface area contributed by atoms with Crippen molar-refractivity contribution in [1.29, 1.82) is 0 Å². The molecular weight excluding hydrogens is 401 g/mol. The third kappa shape index (κ3) is 3.36. The maximum atomic E-state index is 13.2. The molecule has 2 aromatic carbocycles. The molecule has 0 radical (unpaired) electrons. The topological polar surface area (TPSA) is 81.9 Å². The molecule has 0 bridgehead atoms. The number of imidazole rings is 2. The smallest absolute Gasteiger partial charge is 0.416 e. The van der Waals surface area contributed by atoms with Crippen molar-refractivity contribution in [3.63, 3.8) is 0 Å². The van der Waals surface area contributed by atoms with Gasteiger partial charge in [-0.3, -0.25) is 9.13 Å². The van der Waals surface area contributed by atoms with Crippen molar-refractivity contribution in [3.05, 3.63) is 82.3 Å². The first kappa shape index (κ1) is 19.5. The van der Waals surface area contributed by atoms with Gasteiger partial charge >= 0.3 is 17.8 Å². The quantitative estimate of drug-likeness (QED) is 0.517. The van der Waals surface area contributed by atoms with Crippen LogP contribution in [0.2, 0.25) is 0 Å². The molecule has 0 aliphatic heterocycles. The number of methoxy groups -OCH3 is 1. The molecule has 0 saturated heterocycles. The van der Waals surface area contributed by atoms with E-state index >= 15 is 0 Å². The van der Waals surface area contributed by atoms with Crippen LogP contribution in [0.1, 0.15) is 21.6 Å². The van der Waals surface area contributed by atoms with Crippen LogP contribution in [0.4, 0.5) is 13.2 Å². The number of H-pyrrole nitrogens is 1. The molecule has 1 N–H and O–H groups in total. The first-order valence-corrected chi connectivity index (χ1v) is 8.78. The highest BCUT2D eigenvalue weighted by atomic mass is 19.4. The van der Waals surface area contributed by atoms with Gasteiger partial charge < -0.3 is 9.72 Å². The Morgan fingerprint density at radius 1 is 1.13 bits per heavy atom. The zero-order chi connectivity index (χ0) is 21.5. The Kier molecular flexibility index (Phi) is 4.69. The number of carbonyl (C=O) groups excluding carboxylic acids is 1. The fourth-order valence-electron chi connectivity index (χ4n) is 3.24. The number of carbonyl (C=O) groups is 1. The summed E-state index contributed by atoms with van der Waals surface area (Å²) in [5, 5.41) is 0. The minimum Gasteiger partial charge on any atom is -0.465 e. The molecule has 0 spiro atoms. The summed E-state index contributed by atoms with van der Waals surface area (Å²) in [6, 6.07) is 8.88. The lowest BCUT2D eigenvalue weighted by molar-refractivity contribution is -0.137. The summed E-state index contributed by atoms with van der Waals surface area (Å²) < 4.78 is 46.1. The Morgan fingerprint density at radius 3 is 2.47 bits per heavy atom. The van der Waals surface area contributed by atoms with Gasteiger partial charge in [-0.1, -0.05) is 0 Å². The standard InChI is InChI=1S/C20H15F3N4O3/c1-30-18(28)12-2-7-16-17(8-12)26(10-14-9-24-11-25-14)19(29)27(16)15-5-3-13(4-6-15)20(21,22)23/h2-9,11H,10H2,1H3,(H,24,25). The maximum absolute atomic E-state index is 13.2. The van der Waals surface area contributed by atoms with Gasteiger partial charge in [-0.2, -0.15) is 13.2 Å². The zero-order valence-electron chi connectivity index (χ0n) is 15.6. The van der Waals surface area contributed by atoms with Crippen LogP contribution < -0.4 is 5.69 Å². The number of nitrogens with one attached hydrogen (secondary N) is 1. The lowest BCUT2D eigenvalue weighted by atomic mass is 10.1. The molecule has 0 unspecified atom stereocenters. The van der Waals surface area contributed by atoms with Gasteiger partial charge in [0, 0.05) is 6.20 Å². The van der Waals surface area contributed by atoms with Crippen molar-refractivity contribution in [2.75, 3.05) is 7.11 Å². The van der Waals surface area contributed by atoms with Crippen LogP contribution in [-0.4, -0.2) is 32.2 Å². The van der Waals surface area contributed by atoms with E-state index in [1.54, 1.807) is 12.3 Å². The minimum atomic E-state index is -4.48. The van der Waals surface area contributed by atoms with Gasteiger partial charge in [0.05, 0.1) is 53.5 Å². The van der Waals surface area contributed by atoms with E-state index in [1.807, 2.05) is 0 Å². The van der Waals surface area contributed by atoms with Crippen molar-refractivity contribution in [3.8, 4) is 5.69 Å². The number of aromatic nitrogens is 4. The molecule has 30 heavy (non-hydrogen) atoms. The van der Waals surface area contributed by atoms with Crippen LogP contribution in [-0.2, 0) is 17.5 Å². The molecule has 154 valence electrons. The van der Waals surface area contributed by atoms with Crippen molar-refractivity contribution < 1.29 is 22.7 Å². The highest BCUT2D eigenvalue weighted by Crippen LogP contribution is 2.30. The molecular formula is C20H15F3N4O3. The molecule has 0 aliphatic rings. The largest absolute Gasteiger partial charge is 0.465 e. The summed E-state index contributed by atoms with van der Waals surface area (Å²) in [4.78, 5) is 32.0. The average molecular weight is 416 g/mol. The van der Waals surface area contributed by atoms with Crippen LogP contribution in [0, 0.1) is 0 Å². The first-order valence-electron chi connectivity index (χ1n) is 8.78. The van der Waals surface area contributed by atoms with Crippen molar-refractivity contribution >= 4 is 17.0 Å². The number of nitrogens with zero attached hydrogens (tertiary/aromatic N) is 3. The van der Waals surface area contributed by atoms with Crippen LogP contribution in [0.3, 0.4) is 0 Å². The van der Waals surface area contributed by atoms with E-state index in [2.05, 4.69) is 9.97 Å². The molecule has 0 amide bonds. The number of halogens is 3. The molecule has 7 nitrogen and oxygen atoms in total. The summed E-state index contributed by atoms with van der Waals surface area (Å²) in [7, 11) is 1.25. The Labute approximate surface area is 167 Å². The highest BCUT2D eigenvalue weighted by molar-refractivity contribution is 5.94. The van der Waals surface area contributed by atoms with Gasteiger partial charge in [0.2, 0.25) is 0 Å². The Bertz CT molecular complexity index is 1270. The molecule has 2 aromatic heterocycles. The summed E-state index contributed by atoms with van der Waals surface area (Å²) >= 11 is 0. The highest BCUT2D eigenvalue weighted by Gasteiger charge is 2.30. The second-order valence-corrected chi connectivity index (χ2v) is 6.52. The number of fused-ring (bicyclic) bond motifs is 1. The van der Waals surface area contributed by atoms with Gasteiger partial charge in [0.15, 0.2) is 0 Å². The van der Waals surface area contributed by atoms with E-state index in [9.17, 15) is 22.8 Å². The molecule has 4 aromatic rings.